The van der Waals surface area contributed by atoms with Gasteiger partial charge in [-0.1, -0.05) is 76.2 Å². The van der Waals surface area contributed by atoms with Gasteiger partial charge in [-0.15, -0.1) is 0 Å². The second kappa shape index (κ2) is 32.9. The van der Waals surface area contributed by atoms with Crippen molar-refractivity contribution in [1.29, 1.82) is 0 Å². The van der Waals surface area contributed by atoms with Gasteiger partial charge in [-0.05, 0) is 149 Å². The summed E-state index contributed by atoms with van der Waals surface area (Å²) in [5.74, 6) is -0.535. The van der Waals surface area contributed by atoms with Gasteiger partial charge in [0.1, 0.15) is 23.0 Å². The van der Waals surface area contributed by atoms with E-state index in [-0.39, 0.29) is 11.5 Å². The minimum atomic E-state index is -0.621. The van der Waals surface area contributed by atoms with E-state index in [1.807, 2.05) is 70.7 Å². The number of carbonyl (C=O) groups is 4. The van der Waals surface area contributed by atoms with Crippen LogP contribution >= 0.6 is 0 Å². The van der Waals surface area contributed by atoms with Gasteiger partial charge in [0, 0.05) is 36.4 Å². The number of nitrogens with zero attached hydrogens (tertiary/aromatic N) is 4. The molecule has 0 aromatic heterocycles. The quantitative estimate of drug-likeness (QED) is 0.00962. The fourth-order valence-corrected chi connectivity index (χ4v) is 7.21. The lowest BCUT2D eigenvalue weighted by molar-refractivity contribution is -0.138. The molecule has 390 valence electrons. The van der Waals surface area contributed by atoms with E-state index in [4.69, 9.17) is 38.6 Å². The Balaban J connectivity index is 1.41. The van der Waals surface area contributed by atoms with E-state index in [9.17, 15) is 19.2 Å². The second-order valence-electron chi connectivity index (χ2n) is 17.1. The van der Waals surface area contributed by atoms with Crippen LogP contribution in [0.2, 0.25) is 0 Å². The van der Waals surface area contributed by atoms with Crippen LogP contribution in [0.15, 0.2) is 157 Å². The van der Waals surface area contributed by atoms with Crippen LogP contribution in [0.1, 0.15) is 123 Å². The maximum atomic E-state index is 14.0. The first kappa shape index (κ1) is 56.9. The van der Waals surface area contributed by atoms with Crippen LogP contribution in [0.4, 0.5) is 11.4 Å². The van der Waals surface area contributed by atoms with E-state index in [0.717, 1.165) is 101 Å². The Hall–Kier alpha value is -8.00. The highest BCUT2D eigenvalue weighted by Gasteiger charge is 2.20. The summed E-state index contributed by atoms with van der Waals surface area (Å²) in [6, 6.07) is 36.4. The molecule has 0 N–H and O–H groups in total. The van der Waals surface area contributed by atoms with Gasteiger partial charge in [0.15, 0.2) is 0 Å². The molecule has 0 aliphatic heterocycles. The molecule has 0 fully saturated rings. The van der Waals surface area contributed by atoms with Gasteiger partial charge in [0.2, 0.25) is 0 Å². The third-order valence-electron chi connectivity index (χ3n) is 11.4. The Morgan fingerprint density at radius 3 is 1.19 bits per heavy atom. The number of hydrazone groups is 2. The first-order valence-corrected chi connectivity index (χ1v) is 25.6. The molecule has 0 bridgehead atoms. The van der Waals surface area contributed by atoms with Crippen LogP contribution in [0.5, 0.6) is 23.0 Å². The standard InChI is InChI=1S/C60H70N4O10/c1-5-9-37-63(51-25-17-15-18-26-51)61-45-49-43-56(74-60(68)48-31-35-54(36-32-48)70-40-22-12-14-24-42-72-58(66)8-4)50(46-62-64(38-10-6-2)52-27-19-16-20-28-52)44-55(49)73-59(67)47-29-33-53(34-30-47)69-39-21-11-13-23-41-71-57(65)7-3/h7-8,15-20,25-36,43-46H,3-6,9-14,21-24,37-42H2,1-2H3/b61-45+,62-46+. The van der Waals surface area contributed by atoms with E-state index < -0.39 is 23.9 Å². The second-order valence-corrected chi connectivity index (χ2v) is 17.1. The van der Waals surface area contributed by atoms with Crippen LogP contribution < -0.4 is 29.0 Å². The summed E-state index contributed by atoms with van der Waals surface area (Å²) < 4.78 is 34.4. The highest BCUT2D eigenvalue weighted by molar-refractivity contribution is 5.97. The number of hydrogen-bond donors (Lipinski definition) is 0. The summed E-state index contributed by atoms with van der Waals surface area (Å²) in [7, 11) is 0. The van der Waals surface area contributed by atoms with Crippen LogP contribution in [0.25, 0.3) is 0 Å². The van der Waals surface area contributed by atoms with Crippen molar-refractivity contribution in [1.82, 2.24) is 0 Å². The van der Waals surface area contributed by atoms with E-state index in [2.05, 4.69) is 27.0 Å². The van der Waals surface area contributed by atoms with E-state index in [1.54, 1.807) is 73.1 Å². The minimum Gasteiger partial charge on any atom is -0.494 e. The fraction of sp³-hybridized carbons (Fsp3) is 0.333. The van der Waals surface area contributed by atoms with Gasteiger partial charge in [-0.25, -0.2) is 19.2 Å². The smallest absolute Gasteiger partial charge is 0.343 e. The maximum Gasteiger partial charge on any atom is 0.343 e. The third kappa shape index (κ3) is 20.2. The van der Waals surface area contributed by atoms with Crippen molar-refractivity contribution in [2.75, 3.05) is 49.5 Å². The van der Waals surface area contributed by atoms with E-state index >= 15 is 0 Å². The van der Waals surface area contributed by atoms with Crippen molar-refractivity contribution >= 4 is 47.7 Å². The summed E-state index contributed by atoms with van der Waals surface area (Å²) >= 11 is 0. The number of anilines is 2. The number of hydrogen-bond acceptors (Lipinski definition) is 14. The molecule has 0 saturated carbocycles. The molecule has 0 spiro atoms. The number of benzene rings is 5. The summed E-state index contributed by atoms with van der Waals surface area (Å²) in [5.41, 5.74) is 3.09. The Labute approximate surface area is 436 Å². The Kier molecular flexibility index (Phi) is 25.3. The Morgan fingerprint density at radius 1 is 0.473 bits per heavy atom. The normalized spacial score (nSPS) is 10.9. The molecule has 0 unspecified atom stereocenters. The van der Waals surface area contributed by atoms with E-state index in [0.29, 0.717) is 73.3 Å². The molecule has 0 aliphatic carbocycles. The number of para-hydroxylation sites is 2. The molecule has 0 aliphatic rings. The molecule has 5 rings (SSSR count). The molecule has 0 heterocycles. The summed E-state index contributed by atoms with van der Waals surface area (Å²) in [6.45, 7) is 14.0. The molecule has 5 aromatic rings. The van der Waals surface area contributed by atoms with Crippen molar-refractivity contribution in [2.45, 2.75) is 90.9 Å². The molecule has 14 nitrogen and oxygen atoms in total. The minimum absolute atomic E-state index is 0.167. The monoisotopic (exact) mass is 1010 g/mol. The van der Waals surface area contributed by atoms with Crippen molar-refractivity contribution in [2.24, 2.45) is 10.2 Å². The SMILES string of the molecule is C=CC(=O)OCCCCCCOc1ccc(C(=O)Oc2cc(/C=N/N(CCCC)c3ccccc3)c(OC(=O)c3ccc(OCCCCCCOC(=O)C=C)cc3)cc2/C=N/N(CCCC)c2ccccc2)cc1. The van der Waals surface area contributed by atoms with Crippen LogP contribution in [0.3, 0.4) is 0 Å². The Bertz CT molecular complexity index is 2390. The van der Waals surface area contributed by atoms with E-state index in [1.165, 1.54) is 0 Å². The largest absolute Gasteiger partial charge is 0.494 e. The molecular formula is C60H70N4O10. The molecule has 0 atom stereocenters. The number of carbonyl (C=O) groups excluding carboxylic acids is 4. The van der Waals surface area contributed by atoms with Gasteiger partial charge >= 0.3 is 23.9 Å². The molecule has 74 heavy (non-hydrogen) atoms. The van der Waals surface area contributed by atoms with Gasteiger partial charge in [-0.3, -0.25) is 10.0 Å². The predicted molar refractivity (Wildman–Crippen MR) is 292 cm³/mol. The summed E-state index contributed by atoms with van der Waals surface area (Å²) in [4.78, 5) is 50.6. The molecule has 0 radical (unpaired) electrons. The van der Waals surface area contributed by atoms with Crippen molar-refractivity contribution in [3.05, 3.63) is 169 Å². The van der Waals surface area contributed by atoms with Gasteiger partial charge < -0.3 is 28.4 Å². The summed E-state index contributed by atoms with van der Waals surface area (Å²) in [6.07, 6.45) is 15.9. The topological polar surface area (TPSA) is 155 Å². The lowest BCUT2D eigenvalue weighted by Gasteiger charge is -2.20. The molecule has 14 heteroatoms. The average Bonchev–Trinajstić information content (AvgIpc) is 3.43. The first-order valence-electron chi connectivity index (χ1n) is 25.6. The number of ether oxygens (including phenoxy) is 6. The first-order chi connectivity index (χ1) is 36.2. The lowest BCUT2D eigenvalue weighted by Crippen LogP contribution is -2.19. The lowest BCUT2D eigenvalue weighted by atomic mass is 10.1. The van der Waals surface area contributed by atoms with Crippen LogP contribution in [-0.4, -0.2) is 75.8 Å². The highest BCUT2D eigenvalue weighted by Crippen LogP contribution is 2.31. The molecular weight excluding hydrogens is 937 g/mol. The zero-order valence-corrected chi connectivity index (χ0v) is 42.9. The summed E-state index contributed by atoms with van der Waals surface area (Å²) in [5, 5.41) is 13.6. The van der Waals surface area contributed by atoms with Crippen LogP contribution in [-0.2, 0) is 19.1 Å². The zero-order valence-electron chi connectivity index (χ0n) is 42.9. The fourth-order valence-electron chi connectivity index (χ4n) is 7.21. The van der Waals surface area contributed by atoms with Gasteiger partial charge in [0.25, 0.3) is 0 Å². The number of esters is 4. The van der Waals surface area contributed by atoms with Crippen molar-refractivity contribution in [3.8, 4) is 23.0 Å². The number of rotatable bonds is 34. The average molecular weight is 1010 g/mol. The molecule has 0 amide bonds. The maximum absolute atomic E-state index is 14.0. The van der Waals surface area contributed by atoms with Crippen molar-refractivity contribution in [3.63, 3.8) is 0 Å². The highest BCUT2D eigenvalue weighted by atomic mass is 16.5. The van der Waals surface area contributed by atoms with Gasteiger partial charge in [0.05, 0.1) is 61.4 Å². The molecule has 5 aromatic carbocycles. The van der Waals surface area contributed by atoms with Gasteiger partial charge in [-0.2, -0.15) is 10.2 Å². The predicted octanol–water partition coefficient (Wildman–Crippen LogP) is 12.7. The number of unbranched alkanes of at least 4 members (excludes halogenated alkanes) is 8. The van der Waals surface area contributed by atoms with Crippen molar-refractivity contribution < 1.29 is 47.6 Å². The third-order valence-corrected chi connectivity index (χ3v) is 11.4. The molecule has 0 saturated heterocycles. The Morgan fingerprint density at radius 2 is 0.838 bits per heavy atom. The van der Waals surface area contributed by atoms with Crippen LogP contribution in [0, 0.1) is 0 Å². The zero-order chi connectivity index (χ0) is 52.6.